The SMILES string of the molecule is CCOC(=O)C(C)OC1CC2OC=C(c3nc(-c4ccccc4)cs3)C(=O)C2CC1CC. The van der Waals surface area contributed by atoms with Crippen molar-refractivity contribution in [2.75, 3.05) is 6.61 Å². The molecule has 1 saturated carbocycles. The van der Waals surface area contributed by atoms with Crippen LogP contribution in [0, 0.1) is 11.8 Å². The predicted octanol–water partition coefficient (Wildman–Crippen LogP) is 4.89. The van der Waals surface area contributed by atoms with Crippen molar-refractivity contribution in [2.24, 2.45) is 11.8 Å². The molecule has 7 heteroatoms. The van der Waals surface area contributed by atoms with Gasteiger partial charge in [-0.1, -0.05) is 43.7 Å². The molecule has 2 aromatic rings. The van der Waals surface area contributed by atoms with Crippen molar-refractivity contribution in [3.05, 3.63) is 47.0 Å². The number of carbonyl (C=O) groups excluding carboxylic acids is 2. The predicted molar refractivity (Wildman–Crippen MR) is 123 cm³/mol. The highest BCUT2D eigenvalue weighted by Crippen LogP contribution is 2.42. The average Bonchev–Trinajstić information content (AvgIpc) is 3.30. The first kappa shape index (κ1) is 22.7. The van der Waals surface area contributed by atoms with Gasteiger partial charge in [-0.05, 0) is 26.2 Å². The normalized spacial score (nSPS) is 26.0. The van der Waals surface area contributed by atoms with E-state index < -0.39 is 6.10 Å². The number of fused-ring (bicyclic) bond motifs is 1. The van der Waals surface area contributed by atoms with Crippen LogP contribution in [-0.2, 0) is 23.8 Å². The molecule has 1 aliphatic heterocycles. The first-order valence-corrected chi connectivity index (χ1v) is 12.1. The van der Waals surface area contributed by atoms with E-state index in [1.807, 2.05) is 35.7 Å². The number of carbonyl (C=O) groups is 2. The second-order valence-corrected chi connectivity index (χ2v) is 9.15. The topological polar surface area (TPSA) is 74.7 Å². The van der Waals surface area contributed by atoms with Crippen molar-refractivity contribution < 1.29 is 23.8 Å². The molecule has 2 aliphatic rings. The van der Waals surface area contributed by atoms with Crippen molar-refractivity contribution in [3.8, 4) is 11.3 Å². The summed E-state index contributed by atoms with van der Waals surface area (Å²) < 4.78 is 17.2. The van der Waals surface area contributed by atoms with Crippen LogP contribution in [0.4, 0.5) is 0 Å². The highest BCUT2D eigenvalue weighted by Gasteiger charge is 2.45. The lowest BCUT2D eigenvalue weighted by molar-refractivity contribution is -0.168. The average molecular weight is 456 g/mol. The number of thiazole rings is 1. The van der Waals surface area contributed by atoms with Crippen molar-refractivity contribution in [1.29, 1.82) is 0 Å². The van der Waals surface area contributed by atoms with E-state index in [-0.39, 0.29) is 35.8 Å². The van der Waals surface area contributed by atoms with Crippen LogP contribution in [0.5, 0.6) is 0 Å². The molecule has 2 heterocycles. The number of rotatable bonds is 7. The van der Waals surface area contributed by atoms with E-state index in [1.165, 1.54) is 11.3 Å². The molecular formula is C25H29NO5S. The van der Waals surface area contributed by atoms with Crippen LogP contribution in [0.25, 0.3) is 16.8 Å². The third kappa shape index (κ3) is 4.64. The Morgan fingerprint density at radius 1 is 1.25 bits per heavy atom. The summed E-state index contributed by atoms with van der Waals surface area (Å²) in [6.45, 7) is 5.91. The lowest BCUT2D eigenvalue weighted by Gasteiger charge is -2.42. The number of esters is 1. The van der Waals surface area contributed by atoms with Crippen molar-refractivity contribution >= 4 is 28.7 Å². The first-order valence-electron chi connectivity index (χ1n) is 11.2. The van der Waals surface area contributed by atoms with Gasteiger partial charge in [0.15, 0.2) is 11.9 Å². The molecule has 5 atom stereocenters. The Morgan fingerprint density at radius 3 is 2.75 bits per heavy atom. The van der Waals surface area contributed by atoms with Gasteiger partial charge in [-0.3, -0.25) is 4.79 Å². The molecule has 1 aromatic heterocycles. The van der Waals surface area contributed by atoms with Crippen LogP contribution < -0.4 is 0 Å². The number of aromatic nitrogens is 1. The molecule has 5 unspecified atom stereocenters. The quantitative estimate of drug-likeness (QED) is 0.553. The molecule has 0 saturated heterocycles. The smallest absolute Gasteiger partial charge is 0.334 e. The van der Waals surface area contributed by atoms with E-state index in [4.69, 9.17) is 19.2 Å². The lowest BCUT2D eigenvalue weighted by Crippen LogP contribution is -2.47. The van der Waals surface area contributed by atoms with Gasteiger partial charge >= 0.3 is 5.97 Å². The van der Waals surface area contributed by atoms with Gasteiger partial charge in [0.05, 0.1) is 36.2 Å². The van der Waals surface area contributed by atoms with Gasteiger partial charge in [0.25, 0.3) is 0 Å². The molecule has 6 nitrogen and oxygen atoms in total. The fourth-order valence-corrected chi connectivity index (χ4v) is 5.36. The molecule has 1 fully saturated rings. The highest BCUT2D eigenvalue weighted by atomic mass is 32.1. The Morgan fingerprint density at radius 2 is 2.03 bits per heavy atom. The van der Waals surface area contributed by atoms with E-state index in [1.54, 1.807) is 20.1 Å². The van der Waals surface area contributed by atoms with E-state index in [0.717, 1.165) is 17.7 Å². The van der Waals surface area contributed by atoms with Gasteiger partial charge in [-0.2, -0.15) is 0 Å². The summed E-state index contributed by atoms with van der Waals surface area (Å²) in [6.07, 6.45) is 2.65. The maximum Gasteiger partial charge on any atom is 0.334 e. The number of Topliss-reactive ketones (excluding diaryl/α,β-unsaturated/α-hetero) is 1. The summed E-state index contributed by atoms with van der Waals surface area (Å²) in [6, 6.07) is 9.93. The van der Waals surface area contributed by atoms with Gasteiger partial charge in [0.2, 0.25) is 0 Å². The number of allylic oxidation sites excluding steroid dienone is 1. The Balaban J connectivity index is 1.49. The minimum atomic E-state index is -0.636. The van der Waals surface area contributed by atoms with Crippen LogP contribution in [0.15, 0.2) is 42.0 Å². The molecule has 1 aliphatic carbocycles. The molecular weight excluding hydrogens is 426 g/mol. The van der Waals surface area contributed by atoms with Crippen LogP contribution in [-0.4, -0.2) is 41.7 Å². The maximum atomic E-state index is 13.4. The molecule has 170 valence electrons. The summed E-state index contributed by atoms with van der Waals surface area (Å²) in [4.78, 5) is 30.1. The minimum absolute atomic E-state index is 0.0885. The van der Waals surface area contributed by atoms with Gasteiger partial charge in [-0.25, -0.2) is 9.78 Å². The number of ketones is 1. The van der Waals surface area contributed by atoms with Gasteiger partial charge in [-0.15, -0.1) is 11.3 Å². The number of hydrogen-bond donors (Lipinski definition) is 0. The van der Waals surface area contributed by atoms with E-state index in [2.05, 4.69) is 6.92 Å². The standard InChI is InChI=1S/C25H29NO5S/c1-4-16-11-18-22(12-21(16)31-15(3)25(28)29-5-2)30-13-19(23(18)27)24-26-20(14-32-24)17-9-7-6-8-10-17/h6-10,13-16,18,21-22H,4-5,11-12H2,1-3H3. The monoisotopic (exact) mass is 455 g/mol. The molecule has 0 amide bonds. The summed E-state index contributed by atoms with van der Waals surface area (Å²) in [5, 5.41) is 2.66. The van der Waals surface area contributed by atoms with Crippen molar-refractivity contribution in [3.63, 3.8) is 0 Å². The molecule has 0 spiro atoms. The van der Waals surface area contributed by atoms with Crippen LogP contribution in [0.2, 0.25) is 0 Å². The first-order chi connectivity index (χ1) is 15.5. The Hall–Kier alpha value is -2.51. The van der Waals surface area contributed by atoms with Crippen LogP contribution in [0.3, 0.4) is 0 Å². The maximum absolute atomic E-state index is 13.4. The van der Waals surface area contributed by atoms with Crippen LogP contribution >= 0.6 is 11.3 Å². The van der Waals surface area contributed by atoms with E-state index in [0.29, 0.717) is 30.0 Å². The summed E-state index contributed by atoms with van der Waals surface area (Å²) in [7, 11) is 0. The zero-order valence-corrected chi connectivity index (χ0v) is 19.5. The zero-order valence-electron chi connectivity index (χ0n) is 18.7. The molecule has 32 heavy (non-hydrogen) atoms. The number of ether oxygens (including phenoxy) is 3. The van der Waals surface area contributed by atoms with Crippen molar-refractivity contribution in [1.82, 2.24) is 4.98 Å². The molecule has 4 rings (SSSR count). The van der Waals surface area contributed by atoms with Crippen LogP contribution in [0.1, 0.15) is 45.0 Å². The zero-order chi connectivity index (χ0) is 22.7. The largest absolute Gasteiger partial charge is 0.496 e. The van der Waals surface area contributed by atoms with E-state index >= 15 is 0 Å². The third-order valence-corrected chi connectivity index (χ3v) is 7.16. The van der Waals surface area contributed by atoms with Crippen molar-refractivity contribution in [2.45, 2.75) is 58.3 Å². The Labute approximate surface area is 192 Å². The lowest BCUT2D eigenvalue weighted by atomic mass is 9.72. The van der Waals surface area contributed by atoms with Gasteiger partial charge in [0.1, 0.15) is 11.1 Å². The molecule has 1 aromatic carbocycles. The Bertz CT molecular complexity index is 985. The molecule has 0 N–H and O–H groups in total. The summed E-state index contributed by atoms with van der Waals surface area (Å²) in [5.41, 5.74) is 2.43. The third-order valence-electron chi connectivity index (χ3n) is 6.28. The van der Waals surface area contributed by atoms with Gasteiger partial charge in [0, 0.05) is 17.4 Å². The molecule has 0 bridgehead atoms. The minimum Gasteiger partial charge on any atom is -0.496 e. The second-order valence-electron chi connectivity index (χ2n) is 8.29. The number of hydrogen-bond acceptors (Lipinski definition) is 7. The van der Waals surface area contributed by atoms with E-state index in [9.17, 15) is 9.59 Å². The number of nitrogens with zero attached hydrogens (tertiary/aromatic N) is 1. The highest BCUT2D eigenvalue weighted by molar-refractivity contribution is 7.11. The Kier molecular flexibility index (Phi) is 7.06. The molecule has 0 radical (unpaired) electrons. The summed E-state index contributed by atoms with van der Waals surface area (Å²) >= 11 is 1.46. The second kappa shape index (κ2) is 9.96. The van der Waals surface area contributed by atoms with Gasteiger partial charge < -0.3 is 14.2 Å². The fourth-order valence-electron chi connectivity index (χ4n) is 4.52. The fraction of sp³-hybridized carbons (Fsp3) is 0.480. The number of benzene rings is 1. The summed E-state index contributed by atoms with van der Waals surface area (Å²) in [5.74, 6) is -0.311.